The van der Waals surface area contributed by atoms with Crippen LogP contribution in [0.25, 0.3) is 0 Å². The summed E-state index contributed by atoms with van der Waals surface area (Å²) < 4.78 is 5.91. The van der Waals surface area contributed by atoms with Crippen molar-refractivity contribution in [3.05, 3.63) is 29.8 Å². The van der Waals surface area contributed by atoms with E-state index in [0.717, 1.165) is 32.4 Å². The first-order valence-corrected chi connectivity index (χ1v) is 11.5. The molecule has 2 heterocycles. The molecular formula is C25H38N2O3. The molecule has 1 aromatic rings. The molecule has 2 aliphatic rings. The average molecular weight is 415 g/mol. The Kier molecular flexibility index (Phi) is 7.10. The van der Waals surface area contributed by atoms with Crippen LogP contribution >= 0.6 is 0 Å². The number of piperidine rings is 2. The van der Waals surface area contributed by atoms with Crippen LogP contribution < -0.4 is 4.74 Å². The number of hydrogen-bond acceptors (Lipinski definition) is 3. The van der Waals surface area contributed by atoms with Crippen LogP contribution in [-0.4, -0.2) is 53.9 Å². The third-order valence-corrected chi connectivity index (χ3v) is 6.51. The van der Waals surface area contributed by atoms with Gasteiger partial charge in [-0.25, -0.2) is 0 Å². The summed E-state index contributed by atoms with van der Waals surface area (Å²) in [6.45, 7) is 13.6. The summed E-state index contributed by atoms with van der Waals surface area (Å²) in [4.78, 5) is 29.6. The number of carbonyl (C=O) groups is 2. The Balaban J connectivity index is 1.49. The molecule has 2 fully saturated rings. The molecular weight excluding hydrogens is 376 g/mol. The molecule has 0 bridgehead atoms. The molecule has 166 valence electrons. The van der Waals surface area contributed by atoms with Crippen LogP contribution in [0.4, 0.5) is 0 Å². The number of carbonyl (C=O) groups excluding carboxylic acids is 2. The number of rotatable bonds is 4. The summed E-state index contributed by atoms with van der Waals surface area (Å²) in [5, 5.41) is 0. The maximum absolute atomic E-state index is 12.9. The standard InChI is InChI=1S/C25H38N2O3/c1-18-7-6-14-27(17-18)24(29)20-12-15-26(16-13-20)23(28)19(2)30-22-10-8-21(9-11-22)25(3,4)5/h8-11,18-20H,6-7,12-17H2,1-5H3. The monoisotopic (exact) mass is 414 g/mol. The van der Waals surface area contributed by atoms with Crippen molar-refractivity contribution in [3.8, 4) is 5.75 Å². The van der Waals surface area contributed by atoms with Crippen molar-refractivity contribution in [1.29, 1.82) is 0 Å². The first kappa shape index (κ1) is 22.6. The third-order valence-electron chi connectivity index (χ3n) is 6.51. The molecule has 0 aliphatic carbocycles. The molecule has 2 saturated heterocycles. The molecule has 0 aromatic heterocycles. The average Bonchev–Trinajstić information content (AvgIpc) is 2.72. The maximum Gasteiger partial charge on any atom is 0.263 e. The number of ether oxygens (including phenoxy) is 1. The van der Waals surface area contributed by atoms with Crippen LogP contribution in [-0.2, 0) is 15.0 Å². The van der Waals surface area contributed by atoms with Crippen molar-refractivity contribution in [2.45, 2.75) is 71.8 Å². The van der Waals surface area contributed by atoms with E-state index < -0.39 is 6.10 Å². The topological polar surface area (TPSA) is 49.9 Å². The van der Waals surface area contributed by atoms with E-state index in [0.29, 0.717) is 24.8 Å². The van der Waals surface area contributed by atoms with Gasteiger partial charge < -0.3 is 14.5 Å². The highest BCUT2D eigenvalue weighted by molar-refractivity contribution is 5.82. The van der Waals surface area contributed by atoms with E-state index in [1.807, 2.05) is 28.9 Å². The summed E-state index contributed by atoms with van der Waals surface area (Å²) in [6.07, 6.45) is 3.30. The van der Waals surface area contributed by atoms with Gasteiger partial charge in [0.05, 0.1) is 0 Å². The molecule has 0 radical (unpaired) electrons. The second-order valence-electron chi connectivity index (χ2n) is 10.2. The van der Waals surface area contributed by atoms with Gasteiger partial charge in [0.25, 0.3) is 5.91 Å². The van der Waals surface area contributed by atoms with Crippen LogP contribution in [0, 0.1) is 11.8 Å². The fraction of sp³-hybridized carbons (Fsp3) is 0.680. The van der Waals surface area contributed by atoms with Crippen LogP contribution in [0.5, 0.6) is 5.75 Å². The van der Waals surface area contributed by atoms with Crippen molar-refractivity contribution in [1.82, 2.24) is 9.80 Å². The van der Waals surface area contributed by atoms with E-state index in [4.69, 9.17) is 4.74 Å². The maximum atomic E-state index is 12.9. The Hall–Kier alpha value is -2.04. The van der Waals surface area contributed by atoms with Gasteiger partial charge in [-0.3, -0.25) is 9.59 Å². The second-order valence-corrected chi connectivity index (χ2v) is 10.2. The van der Waals surface area contributed by atoms with Crippen LogP contribution in [0.3, 0.4) is 0 Å². The number of likely N-dealkylation sites (tertiary alicyclic amines) is 2. The van der Waals surface area contributed by atoms with E-state index >= 15 is 0 Å². The normalized spacial score (nSPS) is 22.0. The molecule has 2 amide bonds. The molecule has 3 rings (SSSR count). The molecule has 0 N–H and O–H groups in total. The number of nitrogens with zero attached hydrogens (tertiary/aromatic N) is 2. The second kappa shape index (κ2) is 9.40. The minimum Gasteiger partial charge on any atom is -0.481 e. The molecule has 2 unspecified atom stereocenters. The predicted molar refractivity (Wildman–Crippen MR) is 120 cm³/mol. The summed E-state index contributed by atoms with van der Waals surface area (Å²) in [5.74, 6) is 1.66. The molecule has 0 saturated carbocycles. The van der Waals surface area contributed by atoms with Crippen LogP contribution in [0.15, 0.2) is 24.3 Å². The van der Waals surface area contributed by atoms with Gasteiger partial charge in [0.15, 0.2) is 6.10 Å². The van der Waals surface area contributed by atoms with Crippen molar-refractivity contribution >= 4 is 11.8 Å². The lowest BCUT2D eigenvalue weighted by molar-refractivity contribution is -0.144. The summed E-state index contributed by atoms with van der Waals surface area (Å²) in [7, 11) is 0. The summed E-state index contributed by atoms with van der Waals surface area (Å²) in [5.41, 5.74) is 1.33. The minimum absolute atomic E-state index is 0.00684. The van der Waals surface area contributed by atoms with E-state index in [1.54, 1.807) is 0 Å². The zero-order chi connectivity index (χ0) is 21.9. The first-order valence-electron chi connectivity index (χ1n) is 11.5. The van der Waals surface area contributed by atoms with Gasteiger partial charge in [0.1, 0.15) is 5.75 Å². The van der Waals surface area contributed by atoms with Crippen molar-refractivity contribution < 1.29 is 14.3 Å². The Morgan fingerprint density at radius 3 is 2.20 bits per heavy atom. The van der Waals surface area contributed by atoms with Gasteiger partial charge in [-0.1, -0.05) is 39.8 Å². The van der Waals surface area contributed by atoms with E-state index in [-0.39, 0.29) is 23.1 Å². The Morgan fingerprint density at radius 2 is 1.63 bits per heavy atom. The van der Waals surface area contributed by atoms with Crippen molar-refractivity contribution in [3.63, 3.8) is 0 Å². The fourth-order valence-corrected chi connectivity index (χ4v) is 4.54. The SMILES string of the molecule is CC1CCCN(C(=O)C2CCN(C(=O)C(C)Oc3ccc(C(C)(C)C)cc3)CC2)C1. The van der Waals surface area contributed by atoms with E-state index in [1.165, 1.54) is 12.0 Å². The van der Waals surface area contributed by atoms with Gasteiger partial charge in [-0.2, -0.15) is 0 Å². The molecule has 5 nitrogen and oxygen atoms in total. The lowest BCUT2D eigenvalue weighted by Gasteiger charge is -2.37. The smallest absolute Gasteiger partial charge is 0.263 e. The lowest BCUT2D eigenvalue weighted by Crippen LogP contribution is -2.49. The lowest BCUT2D eigenvalue weighted by atomic mass is 9.87. The van der Waals surface area contributed by atoms with Crippen molar-refractivity contribution in [2.75, 3.05) is 26.2 Å². The number of benzene rings is 1. The van der Waals surface area contributed by atoms with Gasteiger partial charge in [-0.05, 0) is 61.6 Å². The van der Waals surface area contributed by atoms with E-state index in [9.17, 15) is 9.59 Å². The molecule has 1 aromatic carbocycles. The Labute approximate surface area is 181 Å². The zero-order valence-electron chi connectivity index (χ0n) is 19.3. The molecule has 5 heteroatoms. The highest BCUT2D eigenvalue weighted by atomic mass is 16.5. The largest absolute Gasteiger partial charge is 0.481 e. The van der Waals surface area contributed by atoms with E-state index in [2.05, 4.69) is 39.8 Å². The van der Waals surface area contributed by atoms with Gasteiger partial charge in [0, 0.05) is 32.1 Å². The predicted octanol–water partition coefficient (Wildman–Crippen LogP) is 4.25. The van der Waals surface area contributed by atoms with Crippen LogP contribution in [0.1, 0.15) is 65.9 Å². The fourth-order valence-electron chi connectivity index (χ4n) is 4.54. The molecule has 2 aliphatic heterocycles. The highest BCUT2D eigenvalue weighted by Crippen LogP contribution is 2.26. The summed E-state index contributed by atoms with van der Waals surface area (Å²) >= 11 is 0. The molecule has 2 atom stereocenters. The highest BCUT2D eigenvalue weighted by Gasteiger charge is 2.33. The zero-order valence-corrected chi connectivity index (χ0v) is 19.3. The minimum atomic E-state index is -0.527. The molecule has 0 spiro atoms. The third kappa shape index (κ3) is 5.55. The first-order chi connectivity index (χ1) is 14.1. The number of amides is 2. The van der Waals surface area contributed by atoms with Crippen molar-refractivity contribution in [2.24, 2.45) is 11.8 Å². The Bertz CT molecular complexity index is 730. The summed E-state index contributed by atoms with van der Waals surface area (Å²) in [6, 6.07) is 8.00. The Morgan fingerprint density at radius 1 is 1.00 bits per heavy atom. The van der Waals surface area contributed by atoms with Gasteiger partial charge in [-0.15, -0.1) is 0 Å². The quantitative estimate of drug-likeness (QED) is 0.740. The van der Waals surface area contributed by atoms with Gasteiger partial charge in [0.2, 0.25) is 5.91 Å². The molecule has 30 heavy (non-hydrogen) atoms. The number of hydrogen-bond donors (Lipinski definition) is 0. The van der Waals surface area contributed by atoms with Gasteiger partial charge >= 0.3 is 0 Å². The van der Waals surface area contributed by atoms with Crippen LogP contribution in [0.2, 0.25) is 0 Å².